The standard InChI is InChI=1S/C13H15F3N2O4S/c1-9-4-2-3-7-17(9)11-6-5-10(8-12(11)18(19)20)23(21,22)13(14,15)16/h5-6,8-9H,2-4,7H2,1H3. The van der Waals surface area contributed by atoms with Gasteiger partial charge < -0.3 is 4.90 Å². The molecule has 0 radical (unpaired) electrons. The third kappa shape index (κ3) is 3.26. The highest BCUT2D eigenvalue weighted by molar-refractivity contribution is 7.92. The van der Waals surface area contributed by atoms with Crippen molar-refractivity contribution in [3.05, 3.63) is 28.3 Å². The van der Waals surface area contributed by atoms with Gasteiger partial charge in [0, 0.05) is 18.7 Å². The number of piperidine rings is 1. The van der Waals surface area contributed by atoms with E-state index in [1.807, 2.05) is 6.92 Å². The highest BCUT2D eigenvalue weighted by atomic mass is 32.2. The molecule has 0 saturated carbocycles. The predicted octanol–water partition coefficient (Wildman–Crippen LogP) is 3.27. The highest BCUT2D eigenvalue weighted by Crippen LogP contribution is 2.37. The van der Waals surface area contributed by atoms with Crippen LogP contribution in [0.3, 0.4) is 0 Å². The Balaban J connectivity index is 2.54. The van der Waals surface area contributed by atoms with Gasteiger partial charge in [-0.3, -0.25) is 10.1 Å². The number of nitro benzene ring substituents is 1. The van der Waals surface area contributed by atoms with E-state index >= 15 is 0 Å². The zero-order valence-corrected chi connectivity index (χ0v) is 13.0. The Kier molecular flexibility index (Phi) is 4.56. The molecule has 6 nitrogen and oxygen atoms in total. The summed E-state index contributed by atoms with van der Waals surface area (Å²) in [6.07, 6.45) is 2.58. The van der Waals surface area contributed by atoms with Gasteiger partial charge in [-0.15, -0.1) is 0 Å². The Morgan fingerprint density at radius 1 is 1.30 bits per heavy atom. The lowest BCUT2D eigenvalue weighted by Crippen LogP contribution is -2.37. The van der Waals surface area contributed by atoms with Crippen molar-refractivity contribution in [2.24, 2.45) is 0 Å². The second kappa shape index (κ2) is 5.99. The van der Waals surface area contributed by atoms with Crippen molar-refractivity contribution in [2.45, 2.75) is 42.6 Å². The lowest BCUT2D eigenvalue weighted by atomic mass is 10.0. The summed E-state index contributed by atoms with van der Waals surface area (Å²) in [6.45, 7) is 2.40. The smallest absolute Gasteiger partial charge is 0.363 e. The first-order valence-corrected chi connectivity index (χ1v) is 8.40. The Hall–Kier alpha value is -1.84. The van der Waals surface area contributed by atoms with E-state index in [4.69, 9.17) is 0 Å². The second-order valence-corrected chi connectivity index (χ2v) is 7.34. The molecule has 23 heavy (non-hydrogen) atoms. The fraction of sp³-hybridized carbons (Fsp3) is 0.538. The third-order valence-electron chi connectivity index (χ3n) is 3.87. The van der Waals surface area contributed by atoms with Crippen LogP contribution in [0, 0.1) is 10.1 Å². The van der Waals surface area contributed by atoms with E-state index in [0.717, 1.165) is 31.4 Å². The molecule has 1 atom stereocenters. The molecule has 1 aromatic carbocycles. The third-order valence-corrected chi connectivity index (χ3v) is 5.35. The maximum atomic E-state index is 12.6. The van der Waals surface area contributed by atoms with Crippen LogP contribution in [-0.4, -0.2) is 31.4 Å². The van der Waals surface area contributed by atoms with Crippen LogP contribution in [0.15, 0.2) is 23.1 Å². The summed E-state index contributed by atoms with van der Waals surface area (Å²) in [5.74, 6) is 0. The van der Waals surface area contributed by atoms with Crippen LogP contribution in [0.5, 0.6) is 0 Å². The van der Waals surface area contributed by atoms with Gasteiger partial charge in [0.2, 0.25) is 0 Å². The molecule has 0 bridgehead atoms. The number of nitro groups is 1. The summed E-state index contributed by atoms with van der Waals surface area (Å²) < 4.78 is 60.6. The molecule has 0 aliphatic carbocycles. The number of rotatable bonds is 3. The van der Waals surface area contributed by atoms with Gasteiger partial charge in [0.05, 0.1) is 9.82 Å². The molecule has 0 aromatic heterocycles. The van der Waals surface area contributed by atoms with E-state index in [9.17, 15) is 31.7 Å². The number of anilines is 1. The minimum absolute atomic E-state index is 0.00692. The van der Waals surface area contributed by atoms with Crippen LogP contribution in [0.2, 0.25) is 0 Å². The lowest BCUT2D eigenvalue weighted by Gasteiger charge is -2.35. The quantitative estimate of drug-likeness (QED) is 0.616. The molecule has 10 heteroatoms. The van der Waals surface area contributed by atoms with E-state index in [1.54, 1.807) is 4.90 Å². The van der Waals surface area contributed by atoms with Gasteiger partial charge in [-0.2, -0.15) is 13.2 Å². The van der Waals surface area contributed by atoms with Crippen molar-refractivity contribution in [1.29, 1.82) is 0 Å². The first kappa shape index (κ1) is 17.5. The fourth-order valence-corrected chi connectivity index (χ4v) is 3.43. The van der Waals surface area contributed by atoms with Gasteiger partial charge in [-0.05, 0) is 38.3 Å². The first-order valence-electron chi connectivity index (χ1n) is 6.92. The average Bonchev–Trinajstić information content (AvgIpc) is 2.46. The van der Waals surface area contributed by atoms with Gasteiger partial charge in [-0.1, -0.05) is 0 Å². The van der Waals surface area contributed by atoms with Crippen molar-refractivity contribution >= 4 is 21.2 Å². The Labute approximate surface area is 131 Å². The van der Waals surface area contributed by atoms with Crippen LogP contribution >= 0.6 is 0 Å². The van der Waals surface area contributed by atoms with Gasteiger partial charge >= 0.3 is 5.51 Å². The molecule has 1 aliphatic heterocycles. The summed E-state index contributed by atoms with van der Waals surface area (Å²) in [4.78, 5) is 11.0. The van der Waals surface area contributed by atoms with Crippen molar-refractivity contribution < 1.29 is 26.5 Å². The second-order valence-electron chi connectivity index (χ2n) is 5.40. The number of hydrogen-bond acceptors (Lipinski definition) is 5. The predicted molar refractivity (Wildman–Crippen MR) is 77.0 cm³/mol. The average molecular weight is 352 g/mol. The SMILES string of the molecule is CC1CCCCN1c1ccc(S(=O)(=O)C(F)(F)F)cc1[N+](=O)[O-]. The molecular formula is C13H15F3N2O4S. The van der Waals surface area contributed by atoms with Crippen molar-refractivity contribution in [3.63, 3.8) is 0 Å². The number of sulfone groups is 1. The zero-order chi connectivity index (χ0) is 17.4. The summed E-state index contributed by atoms with van der Waals surface area (Å²) in [5.41, 5.74) is -5.99. The van der Waals surface area contributed by atoms with Crippen LogP contribution < -0.4 is 4.90 Å². The molecule has 0 N–H and O–H groups in total. The van der Waals surface area contributed by atoms with Crippen LogP contribution in [0.25, 0.3) is 0 Å². The zero-order valence-electron chi connectivity index (χ0n) is 12.2. The van der Waals surface area contributed by atoms with Gasteiger partial charge in [0.15, 0.2) is 0 Å². The monoisotopic (exact) mass is 352 g/mol. The fourth-order valence-electron chi connectivity index (χ4n) is 2.65. The Morgan fingerprint density at radius 3 is 2.48 bits per heavy atom. The highest BCUT2D eigenvalue weighted by Gasteiger charge is 2.47. The van der Waals surface area contributed by atoms with Gasteiger partial charge in [0.1, 0.15) is 5.69 Å². The van der Waals surface area contributed by atoms with E-state index in [2.05, 4.69) is 0 Å². The molecule has 0 spiro atoms. The largest absolute Gasteiger partial charge is 0.501 e. The minimum Gasteiger partial charge on any atom is -0.363 e. The summed E-state index contributed by atoms with van der Waals surface area (Å²) >= 11 is 0. The summed E-state index contributed by atoms with van der Waals surface area (Å²) in [6, 6.07) is 2.33. The maximum absolute atomic E-state index is 12.6. The van der Waals surface area contributed by atoms with Gasteiger partial charge in [-0.25, -0.2) is 8.42 Å². The van der Waals surface area contributed by atoms with Crippen molar-refractivity contribution in [2.75, 3.05) is 11.4 Å². The van der Waals surface area contributed by atoms with Crippen molar-refractivity contribution in [3.8, 4) is 0 Å². The molecule has 128 valence electrons. The summed E-state index contributed by atoms with van der Waals surface area (Å²) in [5, 5.41) is 11.2. The molecule has 1 aliphatic rings. The van der Waals surface area contributed by atoms with E-state index in [0.29, 0.717) is 12.6 Å². The molecule has 1 aromatic rings. The number of hydrogen-bond donors (Lipinski definition) is 0. The first-order chi connectivity index (χ1) is 10.6. The van der Waals surface area contributed by atoms with Crippen molar-refractivity contribution in [1.82, 2.24) is 0 Å². The van der Waals surface area contributed by atoms with E-state index < -0.39 is 30.9 Å². The number of benzene rings is 1. The molecule has 1 saturated heterocycles. The molecule has 0 amide bonds. The topological polar surface area (TPSA) is 80.5 Å². The van der Waals surface area contributed by atoms with Gasteiger partial charge in [0.25, 0.3) is 15.5 Å². The lowest BCUT2D eigenvalue weighted by molar-refractivity contribution is -0.384. The van der Waals surface area contributed by atoms with E-state index in [-0.39, 0.29) is 11.7 Å². The van der Waals surface area contributed by atoms with E-state index in [1.165, 1.54) is 0 Å². The normalized spacial score (nSPS) is 19.7. The number of nitrogens with zero attached hydrogens (tertiary/aromatic N) is 2. The summed E-state index contributed by atoms with van der Waals surface area (Å²) in [7, 11) is -5.62. The van der Waals surface area contributed by atoms with Crippen LogP contribution in [0.1, 0.15) is 26.2 Å². The van der Waals surface area contributed by atoms with Crippen LogP contribution in [0.4, 0.5) is 24.5 Å². The molecule has 1 heterocycles. The maximum Gasteiger partial charge on any atom is 0.501 e. The molecule has 1 unspecified atom stereocenters. The molecular weight excluding hydrogens is 337 g/mol. The number of alkyl halides is 3. The number of halogens is 3. The molecule has 2 rings (SSSR count). The minimum atomic E-state index is -5.62. The van der Waals surface area contributed by atoms with Crippen LogP contribution in [-0.2, 0) is 9.84 Å². The Bertz CT molecular complexity index is 718. The Morgan fingerprint density at radius 2 is 1.96 bits per heavy atom. The molecule has 1 fully saturated rings.